The van der Waals surface area contributed by atoms with Gasteiger partial charge in [0, 0.05) is 24.2 Å². The van der Waals surface area contributed by atoms with E-state index in [0.29, 0.717) is 23.2 Å². The average molecular weight is 415 g/mol. The monoisotopic (exact) mass is 414 g/mol. The van der Waals surface area contributed by atoms with Gasteiger partial charge in [-0.25, -0.2) is 0 Å². The lowest BCUT2D eigenvalue weighted by Gasteiger charge is -2.20. The van der Waals surface area contributed by atoms with Crippen molar-refractivity contribution in [3.8, 4) is 22.8 Å². The Bertz CT molecular complexity index is 988. The Balaban J connectivity index is 1.32. The van der Waals surface area contributed by atoms with Crippen LogP contribution in [0.4, 0.5) is 0 Å². The molecule has 0 fully saturated rings. The van der Waals surface area contributed by atoms with E-state index in [-0.39, 0.29) is 6.79 Å². The molecule has 28 heavy (non-hydrogen) atoms. The average Bonchev–Trinajstić information content (AvgIpc) is 3.35. The maximum atomic E-state index is 5.94. The van der Waals surface area contributed by atoms with Gasteiger partial charge in [0.15, 0.2) is 16.6 Å². The van der Waals surface area contributed by atoms with E-state index in [9.17, 15) is 0 Å². The van der Waals surface area contributed by atoms with Crippen molar-refractivity contribution in [3.05, 3.63) is 70.9 Å². The second-order valence-corrected chi connectivity index (χ2v) is 7.30. The lowest BCUT2D eigenvalue weighted by Crippen LogP contribution is -2.36. The van der Waals surface area contributed by atoms with Gasteiger partial charge >= 0.3 is 0 Å². The molecule has 0 radical (unpaired) electrons. The molecule has 0 amide bonds. The van der Waals surface area contributed by atoms with Crippen LogP contribution >= 0.6 is 23.8 Å². The summed E-state index contributed by atoms with van der Waals surface area (Å²) in [5.41, 5.74) is 2.06. The van der Waals surface area contributed by atoms with Crippen molar-refractivity contribution >= 4 is 28.9 Å². The summed E-state index contributed by atoms with van der Waals surface area (Å²) < 4.78 is 16.7. The van der Waals surface area contributed by atoms with Gasteiger partial charge in [-0.2, -0.15) is 0 Å². The number of benzene rings is 2. The Morgan fingerprint density at radius 1 is 1.07 bits per heavy atom. The predicted molar refractivity (Wildman–Crippen MR) is 113 cm³/mol. The van der Waals surface area contributed by atoms with Crippen LogP contribution in [-0.4, -0.2) is 23.9 Å². The molecule has 0 bridgehead atoms. The van der Waals surface area contributed by atoms with Crippen molar-refractivity contribution in [1.29, 1.82) is 0 Å². The summed E-state index contributed by atoms with van der Waals surface area (Å²) in [5.74, 6) is 3.18. The number of rotatable bonds is 5. The zero-order valence-corrected chi connectivity index (χ0v) is 16.8. The molecular formula is C21H19ClN2O3S. The molecule has 0 saturated heterocycles. The summed E-state index contributed by atoms with van der Waals surface area (Å²) in [6, 6.07) is 17.3. The first-order valence-electron chi connectivity index (χ1n) is 8.80. The molecule has 5 nitrogen and oxygen atoms in total. The molecule has 7 heteroatoms. The van der Waals surface area contributed by atoms with Gasteiger partial charge in [0.05, 0.1) is 6.54 Å². The molecule has 0 atom stereocenters. The van der Waals surface area contributed by atoms with E-state index in [1.54, 1.807) is 0 Å². The van der Waals surface area contributed by atoms with Crippen LogP contribution < -0.4 is 14.8 Å². The molecule has 0 unspecified atom stereocenters. The van der Waals surface area contributed by atoms with Crippen LogP contribution in [-0.2, 0) is 13.1 Å². The summed E-state index contributed by atoms with van der Waals surface area (Å²) in [6.07, 6.45) is 0. The number of furan rings is 1. The molecule has 4 rings (SSSR count). The van der Waals surface area contributed by atoms with Gasteiger partial charge in [-0.3, -0.25) is 0 Å². The smallest absolute Gasteiger partial charge is 0.231 e. The van der Waals surface area contributed by atoms with E-state index in [1.807, 2.05) is 66.5 Å². The van der Waals surface area contributed by atoms with Crippen molar-refractivity contribution in [2.45, 2.75) is 13.1 Å². The number of fused-ring (bicyclic) bond motifs is 1. The van der Waals surface area contributed by atoms with Crippen molar-refractivity contribution in [2.75, 3.05) is 13.8 Å². The molecule has 1 aliphatic rings. The lowest BCUT2D eigenvalue weighted by atomic mass is 10.2. The van der Waals surface area contributed by atoms with Crippen molar-refractivity contribution < 1.29 is 13.9 Å². The normalized spacial score (nSPS) is 12.1. The molecule has 2 heterocycles. The number of nitrogens with one attached hydrogen (secondary N) is 1. The zero-order valence-electron chi connectivity index (χ0n) is 15.3. The Hall–Kier alpha value is -2.70. The minimum atomic E-state index is 0.272. The summed E-state index contributed by atoms with van der Waals surface area (Å²) in [7, 11) is 1.93. The van der Waals surface area contributed by atoms with Crippen LogP contribution in [0.25, 0.3) is 11.3 Å². The Labute approximate surface area is 173 Å². The maximum Gasteiger partial charge on any atom is 0.231 e. The summed E-state index contributed by atoms with van der Waals surface area (Å²) in [4.78, 5) is 1.94. The third kappa shape index (κ3) is 4.24. The molecule has 0 spiro atoms. The van der Waals surface area contributed by atoms with Crippen molar-refractivity contribution in [1.82, 2.24) is 10.2 Å². The first-order valence-corrected chi connectivity index (χ1v) is 9.59. The first kappa shape index (κ1) is 18.7. The highest BCUT2D eigenvalue weighted by Gasteiger charge is 2.14. The van der Waals surface area contributed by atoms with Crippen LogP contribution in [0.1, 0.15) is 11.3 Å². The molecule has 144 valence electrons. The molecule has 1 N–H and O–H groups in total. The standard InChI is InChI=1S/C21H19ClN2O3S/c1-24(12-17-7-9-18(27-17)15-3-5-16(22)6-4-15)21(28)23-11-14-2-8-19-20(10-14)26-13-25-19/h2-10H,11-13H2,1H3,(H,23,28). The van der Waals surface area contributed by atoms with Crippen LogP contribution in [0, 0.1) is 0 Å². The Morgan fingerprint density at radius 2 is 1.86 bits per heavy atom. The molecule has 0 saturated carbocycles. The number of thiocarbonyl (C=S) groups is 1. The highest BCUT2D eigenvalue weighted by Crippen LogP contribution is 2.32. The van der Waals surface area contributed by atoms with Gasteiger partial charge < -0.3 is 24.1 Å². The summed E-state index contributed by atoms with van der Waals surface area (Å²) >= 11 is 11.4. The summed E-state index contributed by atoms with van der Waals surface area (Å²) in [6.45, 7) is 1.45. The Morgan fingerprint density at radius 3 is 2.68 bits per heavy atom. The highest BCUT2D eigenvalue weighted by atomic mass is 35.5. The molecule has 2 aromatic carbocycles. The van der Waals surface area contributed by atoms with E-state index < -0.39 is 0 Å². The second-order valence-electron chi connectivity index (χ2n) is 6.48. The fourth-order valence-corrected chi connectivity index (χ4v) is 3.16. The fourth-order valence-electron chi connectivity index (χ4n) is 2.90. The number of hydrogen-bond acceptors (Lipinski definition) is 4. The predicted octanol–water partition coefficient (Wildman–Crippen LogP) is 4.84. The van der Waals surface area contributed by atoms with Gasteiger partial charge in [-0.15, -0.1) is 0 Å². The van der Waals surface area contributed by atoms with E-state index in [2.05, 4.69) is 5.32 Å². The summed E-state index contributed by atoms with van der Waals surface area (Å²) in [5, 5.41) is 4.60. The van der Waals surface area contributed by atoms with Crippen LogP contribution in [0.5, 0.6) is 11.5 Å². The Kier molecular flexibility index (Phi) is 5.41. The number of hydrogen-bond donors (Lipinski definition) is 1. The third-order valence-electron chi connectivity index (χ3n) is 4.41. The van der Waals surface area contributed by atoms with Crippen LogP contribution in [0.15, 0.2) is 59.0 Å². The fraction of sp³-hybridized carbons (Fsp3) is 0.190. The van der Waals surface area contributed by atoms with Gasteiger partial charge in [0.1, 0.15) is 11.5 Å². The van der Waals surface area contributed by atoms with Gasteiger partial charge in [-0.1, -0.05) is 17.7 Å². The largest absolute Gasteiger partial charge is 0.459 e. The van der Waals surface area contributed by atoms with Crippen LogP contribution in [0.3, 0.4) is 0 Å². The zero-order chi connectivity index (χ0) is 19.5. The molecule has 1 aliphatic heterocycles. The highest BCUT2D eigenvalue weighted by molar-refractivity contribution is 7.80. The second kappa shape index (κ2) is 8.12. The minimum absolute atomic E-state index is 0.272. The van der Waals surface area contributed by atoms with Gasteiger partial charge in [0.25, 0.3) is 0 Å². The van der Waals surface area contributed by atoms with E-state index in [0.717, 1.165) is 34.1 Å². The number of halogens is 1. The van der Waals surface area contributed by atoms with Gasteiger partial charge in [0.2, 0.25) is 6.79 Å². The maximum absolute atomic E-state index is 5.94. The van der Waals surface area contributed by atoms with Crippen LogP contribution in [0.2, 0.25) is 5.02 Å². The lowest BCUT2D eigenvalue weighted by molar-refractivity contribution is 0.174. The van der Waals surface area contributed by atoms with E-state index in [4.69, 9.17) is 37.7 Å². The van der Waals surface area contributed by atoms with Crippen molar-refractivity contribution in [3.63, 3.8) is 0 Å². The molecular weight excluding hydrogens is 396 g/mol. The van der Waals surface area contributed by atoms with Crippen molar-refractivity contribution in [2.24, 2.45) is 0 Å². The first-order chi connectivity index (χ1) is 13.6. The molecule has 3 aromatic rings. The number of nitrogens with zero attached hydrogens (tertiary/aromatic N) is 1. The third-order valence-corrected chi connectivity index (χ3v) is 5.12. The topological polar surface area (TPSA) is 46.9 Å². The SMILES string of the molecule is CN(Cc1ccc(-c2ccc(Cl)cc2)o1)C(=S)NCc1ccc2c(c1)OCO2. The molecule has 0 aliphatic carbocycles. The van der Waals surface area contributed by atoms with Gasteiger partial charge in [-0.05, 0) is 66.3 Å². The van der Waals surface area contributed by atoms with E-state index >= 15 is 0 Å². The van der Waals surface area contributed by atoms with E-state index in [1.165, 1.54) is 0 Å². The molecule has 1 aromatic heterocycles. The minimum Gasteiger partial charge on any atom is -0.459 e. The number of ether oxygens (including phenoxy) is 2. The quantitative estimate of drug-likeness (QED) is 0.603.